The highest BCUT2D eigenvalue weighted by atomic mass is 16.5. The van der Waals surface area contributed by atoms with E-state index in [1.807, 2.05) is 17.9 Å². The topological polar surface area (TPSA) is 44.1 Å². The van der Waals surface area contributed by atoms with Crippen LogP contribution in [0.25, 0.3) is 6.08 Å². The van der Waals surface area contributed by atoms with Gasteiger partial charge in [-0.25, -0.2) is 0 Å². The van der Waals surface area contributed by atoms with Crippen LogP contribution in [0.3, 0.4) is 0 Å². The number of ether oxygens (including phenoxy) is 1. The van der Waals surface area contributed by atoms with Crippen LogP contribution in [-0.4, -0.2) is 22.7 Å². The summed E-state index contributed by atoms with van der Waals surface area (Å²) in [5, 5.41) is 4.35. The van der Waals surface area contributed by atoms with Gasteiger partial charge in [0.1, 0.15) is 5.75 Å². The van der Waals surface area contributed by atoms with E-state index in [0.717, 1.165) is 48.3 Å². The van der Waals surface area contributed by atoms with Crippen molar-refractivity contribution in [3.63, 3.8) is 0 Å². The van der Waals surface area contributed by atoms with E-state index in [2.05, 4.69) is 43.2 Å². The summed E-state index contributed by atoms with van der Waals surface area (Å²) in [5.74, 6) is 2.96. The number of Topliss-reactive ketones (excluding diaryl/α,β-unsaturated/α-hetero) is 1. The van der Waals surface area contributed by atoms with Gasteiger partial charge in [0.15, 0.2) is 5.78 Å². The number of ketones is 1. The van der Waals surface area contributed by atoms with Crippen molar-refractivity contribution in [2.45, 2.75) is 51.9 Å². The van der Waals surface area contributed by atoms with Crippen LogP contribution in [0.4, 0.5) is 0 Å². The number of rotatable bonds is 2. The normalized spacial score (nSPS) is 32.1. The number of benzene rings is 1. The van der Waals surface area contributed by atoms with E-state index in [0.29, 0.717) is 23.5 Å². The number of fused-ring (bicyclic) bond motifs is 5. The maximum atomic E-state index is 13.5. The Morgan fingerprint density at radius 3 is 2.86 bits per heavy atom. The first-order valence-electron chi connectivity index (χ1n) is 10.8. The molecule has 3 aliphatic carbocycles. The predicted octanol–water partition coefficient (Wildman–Crippen LogP) is 4.86. The largest absolute Gasteiger partial charge is 0.497 e. The minimum atomic E-state index is -0.201. The highest BCUT2D eigenvalue weighted by Crippen LogP contribution is 2.60. The SMILES string of the molecule is COc1ccc2c(c1)CC[C@H]1[C@H]2CC[C@]2(C)C(=O)/C(=C/c3cnn(C)c3C)C[C@@H]12. The number of carbonyl (C=O) groups excluding carboxylic acids is 1. The molecule has 0 spiro atoms. The van der Waals surface area contributed by atoms with Crippen molar-refractivity contribution in [3.8, 4) is 5.75 Å². The van der Waals surface area contributed by atoms with Crippen LogP contribution >= 0.6 is 0 Å². The molecule has 2 aromatic rings. The van der Waals surface area contributed by atoms with Gasteiger partial charge in [0, 0.05) is 23.7 Å². The van der Waals surface area contributed by atoms with Gasteiger partial charge in [0.25, 0.3) is 0 Å². The molecule has 152 valence electrons. The third kappa shape index (κ3) is 2.72. The number of hydrogen-bond acceptors (Lipinski definition) is 3. The number of allylic oxidation sites excluding steroid dienone is 1. The van der Waals surface area contributed by atoms with Crippen molar-refractivity contribution in [2.75, 3.05) is 7.11 Å². The van der Waals surface area contributed by atoms with Crippen molar-refractivity contribution < 1.29 is 9.53 Å². The lowest BCUT2D eigenvalue weighted by atomic mass is 9.55. The fourth-order valence-electron chi connectivity index (χ4n) is 6.33. The van der Waals surface area contributed by atoms with E-state index in [4.69, 9.17) is 4.74 Å². The van der Waals surface area contributed by atoms with E-state index < -0.39 is 0 Å². The Hall–Kier alpha value is -2.36. The average molecular weight is 391 g/mol. The molecule has 0 unspecified atom stereocenters. The van der Waals surface area contributed by atoms with Gasteiger partial charge in [-0.05, 0) is 91.7 Å². The standard InChI is InChI=1S/C25H30N2O2/c1-15-18(14-26-27(15)3)11-17-13-23-22-7-5-16-12-19(29-4)6-8-20(16)21(22)9-10-25(23,2)24(17)28/h6,8,11-12,14,21-23H,5,7,9-10,13H2,1-4H3/b17-11+/t21-,22-,23-,25-/m0/s1. The van der Waals surface area contributed by atoms with Crippen LogP contribution in [0.1, 0.15) is 60.9 Å². The van der Waals surface area contributed by atoms with Gasteiger partial charge < -0.3 is 4.74 Å². The highest BCUT2D eigenvalue weighted by molar-refractivity contribution is 6.06. The molecule has 5 rings (SSSR count). The van der Waals surface area contributed by atoms with Gasteiger partial charge in [-0.15, -0.1) is 0 Å². The van der Waals surface area contributed by atoms with E-state index in [1.165, 1.54) is 17.5 Å². The summed E-state index contributed by atoms with van der Waals surface area (Å²) in [6.45, 7) is 4.30. The van der Waals surface area contributed by atoms with Gasteiger partial charge >= 0.3 is 0 Å². The lowest BCUT2D eigenvalue weighted by Gasteiger charge is -2.48. The average Bonchev–Trinajstić information content (AvgIpc) is 3.18. The zero-order valence-electron chi connectivity index (χ0n) is 17.9. The molecule has 0 saturated heterocycles. The monoisotopic (exact) mass is 390 g/mol. The van der Waals surface area contributed by atoms with E-state index in [-0.39, 0.29) is 5.41 Å². The molecule has 1 aromatic heterocycles. The van der Waals surface area contributed by atoms with Crippen molar-refractivity contribution in [2.24, 2.45) is 24.3 Å². The molecule has 1 heterocycles. The highest BCUT2D eigenvalue weighted by Gasteiger charge is 2.56. The molecule has 4 nitrogen and oxygen atoms in total. The van der Waals surface area contributed by atoms with Gasteiger partial charge in [-0.1, -0.05) is 13.0 Å². The van der Waals surface area contributed by atoms with Crippen LogP contribution < -0.4 is 4.74 Å². The Bertz CT molecular complexity index is 1020. The van der Waals surface area contributed by atoms with Crippen LogP contribution in [0, 0.1) is 24.2 Å². The summed E-state index contributed by atoms with van der Waals surface area (Å²) < 4.78 is 7.32. The number of aromatic nitrogens is 2. The van der Waals surface area contributed by atoms with Crippen molar-refractivity contribution >= 4 is 11.9 Å². The second-order valence-corrected chi connectivity index (χ2v) is 9.45. The molecule has 0 aliphatic heterocycles. The molecule has 2 fully saturated rings. The van der Waals surface area contributed by atoms with Gasteiger partial charge in [-0.3, -0.25) is 9.48 Å². The summed E-state index contributed by atoms with van der Waals surface area (Å²) in [7, 11) is 3.69. The Kier molecular flexibility index (Phi) is 4.23. The van der Waals surface area contributed by atoms with Crippen LogP contribution in [0.2, 0.25) is 0 Å². The molecule has 0 amide bonds. The maximum Gasteiger partial charge on any atom is 0.165 e. The van der Waals surface area contributed by atoms with Gasteiger partial charge in [0.2, 0.25) is 0 Å². The molecular formula is C25H30N2O2. The number of methoxy groups -OCH3 is 1. The molecule has 0 radical (unpaired) electrons. The van der Waals surface area contributed by atoms with E-state index in [9.17, 15) is 4.79 Å². The molecule has 0 N–H and O–H groups in total. The maximum absolute atomic E-state index is 13.5. The van der Waals surface area contributed by atoms with Crippen LogP contribution in [0.5, 0.6) is 5.75 Å². The Balaban J connectivity index is 1.48. The molecule has 4 heteroatoms. The second-order valence-electron chi connectivity index (χ2n) is 9.45. The molecule has 1 aromatic carbocycles. The summed E-state index contributed by atoms with van der Waals surface area (Å²) in [5.41, 5.74) is 5.94. The van der Waals surface area contributed by atoms with Crippen LogP contribution in [0.15, 0.2) is 30.0 Å². The van der Waals surface area contributed by atoms with Gasteiger partial charge in [-0.2, -0.15) is 5.10 Å². The predicted molar refractivity (Wildman–Crippen MR) is 114 cm³/mol. The zero-order valence-corrected chi connectivity index (χ0v) is 17.9. The van der Waals surface area contributed by atoms with Crippen LogP contribution in [-0.2, 0) is 18.3 Å². The molecule has 2 saturated carbocycles. The number of hydrogen-bond donors (Lipinski definition) is 0. The molecular weight excluding hydrogens is 360 g/mol. The third-order valence-electron chi connectivity index (χ3n) is 8.18. The number of nitrogens with zero attached hydrogens (tertiary/aromatic N) is 2. The summed E-state index contributed by atoms with van der Waals surface area (Å²) >= 11 is 0. The third-order valence-corrected chi connectivity index (χ3v) is 8.18. The number of carbonyl (C=O) groups is 1. The van der Waals surface area contributed by atoms with Crippen molar-refractivity contribution in [1.29, 1.82) is 0 Å². The molecule has 0 bridgehead atoms. The summed E-state index contributed by atoms with van der Waals surface area (Å²) in [6.07, 6.45) is 9.29. The number of aryl methyl sites for hydroxylation is 2. The molecule has 4 atom stereocenters. The first-order valence-corrected chi connectivity index (χ1v) is 10.8. The fraction of sp³-hybridized carbons (Fsp3) is 0.520. The fourth-order valence-corrected chi connectivity index (χ4v) is 6.33. The Morgan fingerprint density at radius 2 is 2.14 bits per heavy atom. The Morgan fingerprint density at radius 1 is 1.31 bits per heavy atom. The van der Waals surface area contributed by atoms with Crippen molar-refractivity contribution in [1.82, 2.24) is 9.78 Å². The minimum absolute atomic E-state index is 0.201. The zero-order chi connectivity index (χ0) is 20.3. The van der Waals surface area contributed by atoms with E-state index in [1.54, 1.807) is 7.11 Å². The molecule has 29 heavy (non-hydrogen) atoms. The van der Waals surface area contributed by atoms with Crippen molar-refractivity contribution in [3.05, 3.63) is 52.4 Å². The first kappa shape index (κ1) is 18.7. The quantitative estimate of drug-likeness (QED) is 0.688. The minimum Gasteiger partial charge on any atom is -0.497 e. The lowest BCUT2D eigenvalue weighted by Crippen LogP contribution is -2.42. The lowest BCUT2D eigenvalue weighted by molar-refractivity contribution is -0.127. The smallest absolute Gasteiger partial charge is 0.165 e. The first-order chi connectivity index (χ1) is 13.9. The summed E-state index contributed by atoms with van der Waals surface area (Å²) in [6, 6.07) is 6.60. The second kappa shape index (κ2) is 6.58. The van der Waals surface area contributed by atoms with E-state index >= 15 is 0 Å². The molecule has 3 aliphatic rings. The summed E-state index contributed by atoms with van der Waals surface area (Å²) in [4.78, 5) is 13.5. The van der Waals surface area contributed by atoms with Gasteiger partial charge in [0.05, 0.1) is 13.3 Å². The Labute approximate surface area is 173 Å².